The molecule has 0 saturated heterocycles. The van der Waals surface area contributed by atoms with Crippen LogP contribution >= 0.6 is 0 Å². The lowest BCUT2D eigenvalue weighted by Gasteiger charge is -2.08. The van der Waals surface area contributed by atoms with E-state index in [-0.39, 0.29) is 18.0 Å². The zero-order valence-electron chi connectivity index (χ0n) is 12.9. The van der Waals surface area contributed by atoms with Crippen LogP contribution in [0.1, 0.15) is 23.4 Å². The zero-order chi connectivity index (χ0) is 16.4. The molecule has 3 aromatic rings. The number of para-hydroxylation sites is 1. The number of hydrogen-bond acceptors (Lipinski definition) is 4. The molecule has 0 aliphatic rings. The smallest absolute Gasteiger partial charge is 0.310 e. The van der Waals surface area contributed by atoms with Crippen molar-refractivity contribution in [2.45, 2.75) is 26.7 Å². The second kappa shape index (κ2) is 6.04. The van der Waals surface area contributed by atoms with Crippen molar-refractivity contribution in [3.8, 4) is 0 Å². The third-order valence-corrected chi connectivity index (χ3v) is 3.78. The van der Waals surface area contributed by atoms with E-state index in [1.54, 1.807) is 6.92 Å². The fraction of sp³-hybridized carbons (Fsp3) is 0.250. The Morgan fingerprint density at radius 3 is 2.83 bits per heavy atom. The summed E-state index contributed by atoms with van der Waals surface area (Å²) in [5.41, 5.74) is 2.81. The van der Waals surface area contributed by atoms with E-state index < -0.39 is 0 Å². The molecule has 118 valence electrons. The van der Waals surface area contributed by atoms with E-state index in [9.17, 15) is 9.59 Å². The predicted octanol–water partition coefficient (Wildman–Crippen LogP) is 1.83. The van der Waals surface area contributed by atoms with E-state index >= 15 is 0 Å². The van der Waals surface area contributed by atoms with Gasteiger partial charge in [0.1, 0.15) is 0 Å². The lowest BCUT2D eigenvalue weighted by atomic mass is 10.1. The van der Waals surface area contributed by atoms with Gasteiger partial charge in [0.05, 0.1) is 5.52 Å². The van der Waals surface area contributed by atoms with Crippen LogP contribution in [0.3, 0.4) is 0 Å². The highest BCUT2D eigenvalue weighted by Crippen LogP contribution is 2.20. The summed E-state index contributed by atoms with van der Waals surface area (Å²) in [6.45, 7) is 3.58. The molecular formula is C16H17N5O2. The van der Waals surface area contributed by atoms with Gasteiger partial charge < -0.3 is 10.3 Å². The summed E-state index contributed by atoms with van der Waals surface area (Å²) < 4.78 is 0. The SMILES string of the molecule is Cc1nc(=O)[nH]c(C)c1CCC(=O)Nc1n[nH]c2ccccc12. The van der Waals surface area contributed by atoms with Crippen LogP contribution in [0.15, 0.2) is 29.1 Å². The van der Waals surface area contributed by atoms with Crippen molar-refractivity contribution < 1.29 is 4.79 Å². The fourth-order valence-electron chi connectivity index (χ4n) is 2.62. The molecule has 7 nitrogen and oxygen atoms in total. The Balaban J connectivity index is 1.70. The highest BCUT2D eigenvalue weighted by atomic mass is 16.1. The van der Waals surface area contributed by atoms with Crippen molar-refractivity contribution in [3.63, 3.8) is 0 Å². The van der Waals surface area contributed by atoms with Gasteiger partial charge >= 0.3 is 5.69 Å². The van der Waals surface area contributed by atoms with Gasteiger partial charge in [-0.3, -0.25) is 9.89 Å². The number of benzene rings is 1. The molecule has 0 saturated carbocycles. The third kappa shape index (κ3) is 3.13. The summed E-state index contributed by atoms with van der Waals surface area (Å²) in [6.07, 6.45) is 0.798. The number of nitrogens with one attached hydrogen (secondary N) is 3. The number of hydrogen-bond donors (Lipinski definition) is 3. The Morgan fingerprint density at radius 1 is 1.26 bits per heavy atom. The molecule has 3 rings (SSSR count). The minimum absolute atomic E-state index is 0.132. The van der Waals surface area contributed by atoms with Crippen LogP contribution in [0.5, 0.6) is 0 Å². The number of carbonyl (C=O) groups excluding carboxylic acids is 1. The largest absolute Gasteiger partial charge is 0.345 e. The van der Waals surface area contributed by atoms with Crippen molar-refractivity contribution in [2.24, 2.45) is 0 Å². The summed E-state index contributed by atoms with van der Waals surface area (Å²) in [4.78, 5) is 30.0. The molecule has 0 unspecified atom stereocenters. The van der Waals surface area contributed by atoms with Crippen molar-refractivity contribution in [3.05, 3.63) is 51.7 Å². The Hall–Kier alpha value is -2.96. The number of aromatic nitrogens is 4. The molecule has 0 aliphatic carbocycles. The zero-order valence-corrected chi connectivity index (χ0v) is 12.9. The molecule has 1 aromatic carbocycles. The monoisotopic (exact) mass is 311 g/mol. The lowest BCUT2D eigenvalue weighted by molar-refractivity contribution is -0.116. The highest BCUT2D eigenvalue weighted by molar-refractivity contribution is 5.99. The fourth-order valence-corrected chi connectivity index (χ4v) is 2.62. The van der Waals surface area contributed by atoms with E-state index in [4.69, 9.17) is 0 Å². The maximum absolute atomic E-state index is 12.2. The van der Waals surface area contributed by atoms with E-state index in [1.165, 1.54) is 0 Å². The molecule has 0 aliphatic heterocycles. The van der Waals surface area contributed by atoms with Gasteiger partial charge in [0.25, 0.3) is 0 Å². The average molecular weight is 311 g/mol. The molecule has 7 heteroatoms. The Labute approximate surface area is 132 Å². The second-order valence-electron chi connectivity index (χ2n) is 5.40. The van der Waals surface area contributed by atoms with Gasteiger partial charge in [-0.15, -0.1) is 0 Å². The second-order valence-corrected chi connectivity index (χ2v) is 5.40. The molecule has 2 heterocycles. The van der Waals surface area contributed by atoms with Crippen LogP contribution in [-0.2, 0) is 11.2 Å². The summed E-state index contributed by atoms with van der Waals surface area (Å²) >= 11 is 0. The number of carbonyl (C=O) groups is 1. The number of H-pyrrole nitrogens is 2. The van der Waals surface area contributed by atoms with E-state index in [0.29, 0.717) is 17.9 Å². The highest BCUT2D eigenvalue weighted by Gasteiger charge is 2.11. The van der Waals surface area contributed by atoms with Gasteiger partial charge in [-0.25, -0.2) is 4.79 Å². The number of fused-ring (bicyclic) bond motifs is 1. The predicted molar refractivity (Wildman–Crippen MR) is 87.4 cm³/mol. The number of anilines is 1. The van der Waals surface area contributed by atoms with Crippen molar-refractivity contribution in [2.75, 3.05) is 5.32 Å². The van der Waals surface area contributed by atoms with E-state index in [0.717, 1.165) is 22.2 Å². The molecule has 0 fully saturated rings. The van der Waals surface area contributed by atoms with Gasteiger partial charge in [0, 0.05) is 23.2 Å². The first kappa shape index (κ1) is 15.0. The summed E-state index contributed by atoms with van der Waals surface area (Å²) in [7, 11) is 0. The van der Waals surface area contributed by atoms with Crippen LogP contribution < -0.4 is 11.0 Å². The topological polar surface area (TPSA) is 104 Å². The lowest BCUT2D eigenvalue weighted by Crippen LogP contribution is -2.18. The number of aromatic amines is 2. The van der Waals surface area contributed by atoms with Crippen LogP contribution in [0.4, 0.5) is 5.82 Å². The quantitative estimate of drug-likeness (QED) is 0.684. The minimum atomic E-state index is -0.365. The van der Waals surface area contributed by atoms with Crippen LogP contribution in [0.2, 0.25) is 0 Å². The average Bonchev–Trinajstić information content (AvgIpc) is 2.89. The molecule has 23 heavy (non-hydrogen) atoms. The molecule has 1 amide bonds. The van der Waals surface area contributed by atoms with Crippen LogP contribution in [0, 0.1) is 13.8 Å². The van der Waals surface area contributed by atoms with Gasteiger partial charge in [0.2, 0.25) is 5.91 Å². The minimum Gasteiger partial charge on any atom is -0.310 e. The molecule has 2 aromatic heterocycles. The molecule has 0 bridgehead atoms. The van der Waals surface area contributed by atoms with E-state index in [1.807, 2.05) is 31.2 Å². The molecule has 0 radical (unpaired) electrons. The van der Waals surface area contributed by atoms with E-state index in [2.05, 4.69) is 25.5 Å². The third-order valence-electron chi connectivity index (χ3n) is 3.78. The molecule has 3 N–H and O–H groups in total. The number of rotatable bonds is 4. The molecular weight excluding hydrogens is 294 g/mol. The van der Waals surface area contributed by atoms with Crippen molar-refractivity contribution >= 4 is 22.6 Å². The summed E-state index contributed by atoms with van der Waals surface area (Å²) in [5, 5.41) is 10.7. The Morgan fingerprint density at radius 2 is 2.04 bits per heavy atom. The first-order valence-corrected chi connectivity index (χ1v) is 7.34. The maximum atomic E-state index is 12.2. The number of aryl methyl sites for hydroxylation is 2. The first-order chi connectivity index (χ1) is 11.0. The molecule has 0 spiro atoms. The Bertz CT molecular complexity index is 899. The number of nitrogens with zero attached hydrogens (tertiary/aromatic N) is 2. The normalized spacial score (nSPS) is 10.9. The van der Waals surface area contributed by atoms with Crippen molar-refractivity contribution in [1.29, 1.82) is 0 Å². The standard InChI is InChI=1S/C16H17N5O2/c1-9-11(10(2)18-16(23)17-9)7-8-14(22)19-15-12-5-3-4-6-13(12)20-21-15/h3-6H,7-8H2,1-2H3,(H,17,18,23)(H2,19,20,21,22). The van der Waals surface area contributed by atoms with Gasteiger partial charge in [0.15, 0.2) is 5.82 Å². The maximum Gasteiger partial charge on any atom is 0.345 e. The van der Waals surface area contributed by atoms with Crippen molar-refractivity contribution in [1.82, 2.24) is 20.2 Å². The van der Waals surface area contributed by atoms with Gasteiger partial charge in [-0.1, -0.05) is 12.1 Å². The molecule has 0 atom stereocenters. The summed E-state index contributed by atoms with van der Waals surface area (Å²) in [6, 6.07) is 7.60. The van der Waals surface area contributed by atoms with Gasteiger partial charge in [-0.2, -0.15) is 10.1 Å². The van der Waals surface area contributed by atoms with Crippen LogP contribution in [0.25, 0.3) is 10.9 Å². The van der Waals surface area contributed by atoms with Gasteiger partial charge in [-0.05, 0) is 38.0 Å². The Kier molecular flexibility index (Phi) is 3.92. The first-order valence-electron chi connectivity index (χ1n) is 7.34. The number of amides is 1. The summed E-state index contributed by atoms with van der Waals surface area (Å²) in [5.74, 6) is 0.394. The van der Waals surface area contributed by atoms with Crippen LogP contribution in [-0.4, -0.2) is 26.1 Å².